The average molecular weight is 306 g/mol. The molecule has 2 aromatic heterocycles. The molecule has 0 bridgehead atoms. The minimum atomic E-state index is 0.611. The van der Waals surface area contributed by atoms with Crippen LogP contribution in [0.5, 0.6) is 0 Å². The maximum atomic E-state index is 5.35. The lowest BCUT2D eigenvalue weighted by Crippen LogP contribution is -2.17. The molecule has 3 heterocycles. The smallest absolute Gasteiger partial charge is 0.232 e. The first-order valence-electron chi connectivity index (χ1n) is 7.77. The van der Waals surface area contributed by atoms with Crippen LogP contribution >= 0.6 is 0 Å². The van der Waals surface area contributed by atoms with Crippen LogP contribution in [0.25, 0.3) is 0 Å². The molecule has 0 radical (unpaired) electrons. The predicted octanol–water partition coefficient (Wildman–Crippen LogP) is 3.68. The fourth-order valence-corrected chi connectivity index (χ4v) is 2.90. The summed E-state index contributed by atoms with van der Waals surface area (Å²) >= 11 is 0. The van der Waals surface area contributed by atoms with Crippen molar-refractivity contribution in [3.05, 3.63) is 65.7 Å². The van der Waals surface area contributed by atoms with Gasteiger partial charge in [0.1, 0.15) is 11.6 Å². The van der Waals surface area contributed by atoms with Gasteiger partial charge in [-0.3, -0.25) is 0 Å². The van der Waals surface area contributed by atoms with E-state index in [1.807, 2.05) is 25.1 Å². The molecule has 0 saturated heterocycles. The summed E-state index contributed by atoms with van der Waals surface area (Å²) in [7, 11) is 0. The van der Waals surface area contributed by atoms with Gasteiger partial charge < -0.3 is 14.6 Å². The van der Waals surface area contributed by atoms with Crippen LogP contribution in [0.4, 0.5) is 17.5 Å². The number of nitrogens with zero attached hydrogens (tertiary/aromatic N) is 3. The Labute approximate surface area is 135 Å². The lowest BCUT2D eigenvalue weighted by atomic mass is 10.2. The summed E-state index contributed by atoms with van der Waals surface area (Å²) in [5.41, 5.74) is 3.50. The molecule has 3 aromatic rings. The Morgan fingerprint density at radius 2 is 2.09 bits per heavy atom. The summed E-state index contributed by atoms with van der Waals surface area (Å²) in [6.07, 6.45) is 2.71. The minimum Gasteiger partial charge on any atom is -0.467 e. The van der Waals surface area contributed by atoms with Crippen molar-refractivity contribution < 1.29 is 4.42 Å². The summed E-state index contributed by atoms with van der Waals surface area (Å²) in [6.45, 7) is 3.52. The van der Waals surface area contributed by atoms with Gasteiger partial charge in [-0.05, 0) is 37.1 Å². The van der Waals surface area contributed by atoms with E-state index < -0.39 is 0 Å². The quantitative estimate of drug-likeness (QED) is 0.797. The molecule has 4 rings (SSSR count). The number of anilines is 3. The molecule has 5 nitrogen and oxygen atoms in total. The third kappa shape index (κ3) is 2.77. The van der Waals surface area contributed by atoms with E-state index in [0.29, 0.717) is 6.54 Å². The zero-order valence-corrected chi connectivity index (χ0v) is 13.0. The van der Waals surface area contributed by atoms with Crippen LogP contribution in [0, 0.1) is 6.92 Å². The minimum absolute atomic E-state index is 0.611. The van der Waals surface area contributed by atoms with E-state index in [0.717, 1.165) is 36.2 Å². The highest BCUT2D eigenvalue weighted by molar-refractivity contribution is 5.66. The standard InChI is InChI=1S/C18H18N4O/c1-13-11-17(19-12-15-6-4-10-23-15)21-18(20-13)22-9-8-14-5-2-3-7-16(14)22/h2-7,10-11H,8-9,12H2,1H3,(H,19,20,21). The normalized spacial score (nSPS) is 13.2. The zero-order chi connectivity index (χ0) is 15.6. The monoisotopic (exact) mass is 306 g/mol. The van der Waals surface area contributed by atoms with Crippen molar-refractivity contribution in [2.45, 2.75) is 19.9 Å². The van der Waals surface area contributed by atoms with Crippen molar-refractivity contribution in [1.82, 2.24) is 9.97 Å². The van der Waals surface area contributed by atoms with E-state index in [-0.39, 0.29) is 0 Å². The molecule has 1 N–H and O–H groups in total. The van der Waals surface area contributed by atoms with Gasteiger partial charge in [0.2, 0.25) is 5.95 Å². The number of aryl methyl sites for hydroxylation is 1. The average Bonchev–Trinajstić information content (AvgIpc) is 3.22. The summed E-state index contributed by atoms with van der Waals surface area (Å²) in [6, 6.07) is 14.2. The Kier molecular flexibility index (Phi) is 3.46. The van der Waals surface area contributed by atoms with Gasteiger partial charge in [-0.15, -0.1) is 0 Å². The van der Waals surface area contributed by atoms with Crippen molar-refractivity contribution >= 4 is 17.5 Å². The SMILES string of the molecule is Cc1cc(NCc2ccco2)nc(N2CCc3ccccc32)n1. The van der Waals surface area contributed by atoms with Gasteiger partial charge in [-0.25, -0.2) is 4.98 Å². The molecule has 0 saturated carbocycles. The van der Waals surface area contributed by atoms with E-state index in [1.54, 1.807) is 6.26 Å². The highest BCUT2D eigenvalue weighted by atomic mass is 16.3. The number of aromatic nitrogens is 2. The highest BCUT2D eigenvalue weighted by Gasteiger charge is 2.22. The molecule has 0 amide bonds. The van der Waals surface area contributed by atoms with Crippen LogP contribution in [-0.2, 0) is 13.0 Å². The van der Waals surface area contributed by atoms with E-state index in [2.05, 4.69) is 44.5 Å². The van der Waals surface area contributed by atoms with Crippen molar-refractivity contribution in [2.75, 3.05) is 16.8 Å². The second-order valence-corrected chi connectivity index (χ2v) is 5.66. The van der Waals surface area contributed by atoms with Gasteiger partial charge in [-0.2, -0.15) is 4.98 Å². The topological polar surface area (TPSA) is 54.2 Å². The number of furan rings is 1. The van der Waals surface area contributed by atoms with E-state index in [1.165, 1.54) is 11.3 Å². The fourth-order valence-electron chi connectivity index (χ4n) is 2.90. The zero-order valence-electron chi connectivity index (χ0n) is 13.0. The largest absolute Gasteiger partial charge is 0.467 e. The predicted molar refractivity (Wildman–Crippen MR) is 90.0 cm³/mol. The van der Waals surface area contributed by atoms with Crippen molar-refractivity contribution in [3.63, 3.8) is 0 Å². The van der Waals surface area contributed by atoms with Crippen molar-refractivity contribution in [3.8, 4) is 0 Å². The van der Waals surface area contributed by atoms with Crippen LogP contribution in [0.2, 0.25) is 0 Å². The van der Waals surface area contributed by atoms with Gasteiger partial charge in [-0.1, -0.05) is 18.2 Å². The number of rotatable bonds is 4. The number of fused-ring (bicyclic) bond motifs is 1. The van der Waals surface area contributed by atoms with Gasteiger partial charge in [0.15, 0.2) is 0 Å². The molecule has 0 aliphatic carbocycles. The Balaban J connectivity index is 1.60. The molecular formula is C18H18N4O. The first kappa shape index (κ1) is 13.8. The van der Waals surface area contributed by atoms with Crippen LogP contribution in [-0.4, -0.2) is 16.5 Å². The van der Waals surface area contributed by atoms with E-state index in [9.17, 15) is 0 Å². The number of hydrogen-bond acceptors (Lipinski definition) is 5. The molecule has 1 aliphatic rings. The Hall–Kier alpha value is -2.82. The lowest BCUT2D eigenvalue weighted by Gasteiger charge is -2.18. The third-order valence-electron chi connectivity index (χ3n) is 3.99. The molecule has 0 atom stereocenters. The lowest BCUT2D eigenvalue weighted by molar-refractivity contribution is 0.518. The summed E-state index contributed by atoms with van der Waals surface area (Å²) < 4.78 is 5.35. The molecule has 0 spiro atoms. The van der Waals surface area contributed by atoms with E-state index >= 15 is 0 Å². The van der Waals surface area contributed by atoms with Gasteiger partial charge in [0.25, 0.3) is 0 Å². The van der Waals surface area contributed by atoms with Crippen LogP contribution in [0.15, 0.2) is 53.1 Å². The van der Waals surface area contributed by atoms with Gasteiger partial charge in [0.05, 0.1) is 12.8 Å². The Morgan fingerprint density at radius 3 is 2.96 bits per heavy atom. The third-order valence-corrected chi connectivity index (χ3v) is 3.99. The first-order valence-corrected chi connectivity index (χ1v) is 7.77. The van der Waals surface area contributed by atoms with Gasteiger partial charge >= 0.3 is 0 Å². The van der Waals surface area contributed by atoms with Crippen molar-refractivity contribution in [2.24, 2.45) is 0 Å². The first-order chi connectivity index (χ1) is 11.3. The molecular weight excluding hydrogens is 288 g/mol. The summed E-state index contributed by atoms with van der Waals surface area (Å²) in [5.74, 6) is 2.44. The number of nitrogens with one attached hydrogen (secondary N) is 1. The van der Waals surface area contributed by atoms with Gasteiger partial charge in [0, 0.05) is 24.0 Å². The number of benzene rings is 1. The molecule has 5 heteroatoms. The molecule has 23 heavy (non-hydrogen) atoms. The maximum absolute atomic E-state index is 5.35. The second kappa shape index (κ2) is 5.76. The summed E-state index contributed by atoms with van der Waals surface area (Å²) in [5, 5.41) is 3.30. The molecule has 0 unspecified atom stereocenters. The van der Waals surface area contributed by atoms with Crippen LogP contribution in [0.1, 0.15) is 17.0 Å². The molecule has 1 aliphatic heterocycles. The number of hydrogen-bond donors (Lipinski definition) is 1. The Bertz CT molecular complexity index is 814. The molecule has 1 aromatic carbocycles. The fraction of sp³-hybridized carbons (Fsp3) is 0.222. The van der Waals surface area contributed by atoms with Crippen molar-refractivity contribution in [1.29, 1.82) is 0 Å². The number of para-hydroxylation sites is 1. The Morgan fingerprint density at radius 1 is 1.17 bits per heavy atom. The summed E-state index contributed by atoms with van der Waals surface area (Å²) in [4.78, 5) is 11.5. The molecule has 0 fully saturated rings. The van der Waals surface area contributed by atoms with Crippen LogP contribution < -0.4 is 10.2 Å². The van der Waals surface area contributed by atoms with Crippen LogP contribution in [0.3, 0.4) is 0 Å². The second-order valence-electron chi connectivity index (χ2n) is 5.66. The highest BCUT2D eigenvalue weighted by Crippen LogP contribution is 2.32. The van der Waals surface area contributed by atoms with E-state index in [4.69, 9.17) is 4.42 Å². The maximum Gasteiger partial charge on any atom is 0.232 e. The molecule has 116 valence electrons.